The number of carboxylic acid groups (broad SMARTS) is 1. The highest BCUT2D eigenvalue weighted by Gasteiger charge is 2.39. The van der Waals surface area contributed by atoms with Crippen molar-refractivity contribution in [1.29, 1.82) is 0 Å². The van der Waals surface area contributed by atoms with E-state index in [1.807, 2.05) is 32.0 Å². The number of nitrogens with zero attached hydrogens (tertiary/aromatic N) is 2. The zero-order valence-corrected chi connectivity index (χ0v) is 14.1. The van der Waals surface area contributed by atoms with Crippen molar-refractivity contribution in [3.05, 3.63) is 54.6 Å². The summed E-state index contributed by atoms with van der Waals surface area (Å²) >= 11 is 0. The van der Waals surface area contributed by atoms with Crippen molar-refractivity contribution in [2.24, 2.45) is 0 Å². The Hall–Kier alpha value is -3.02. The molecule has 2 amide bonds. The number of carbonyl (C=O) groups excluding carboxylic acids is 1. The first-order valence-electron chi connectivity index (χ1n) is 8.13. The molecule has 0 saturated carbocycles. The molecule has 0 spiro atoms. The minimum Gasteiger partial charge on any atom is -0.489 e. The van der Waals surface area contributed by atoms with Gasteiger partial charge in [-0.1, -0.05) is 30.3 Å². The van der Waals surface area contributed by atoms with Crippen LogP contribution in [0.1, 0.15) is 13.8 Å². The summed E-state index contributed by atoms with van der Waals surface area (Å²) in [6.07, 6.45) is -1.19. The number of carbonyl (C=O) groups is 2. The van der Waals surface area contributed by atoms with E-state index < -0.39 is 12.1 Å². The van der Waals surface area contributed by atoms with Crippen LogP contribution < -0.4 is 14.5 Å². The first-order chi connectivity index (χ1) is 12.0. The zero-order valence-electron chi connectivity index (χ0n) is 14.1. The second-order valence-electron chi connectivity index (χ2n) is 6.08. The van der Waals surface area contributed by atoms with E-state index in [1.54, 1.807) is 41.3 Å². The Labute approximate surface area is 146 Å². The maximum atomic E-state index is 13.2. The van der Waals surface area contributed by atoms with Gasteiger partial charge in [-0.05, 0) is 38.1 Å². The highest BCUT2D eigenvalue weighted by atomic mass is 16.5. The van der Waals surface area contributed by atoms with Crippen molar-refractivity contribution in [2.45, 2.75) is 25.9 Å². The van der Waals surface area contributed by atoms with E-state index in [0.717, 1.165) is 4.90 Å². The molecule has 130 valence electrons. The molecule has 0 saturated heterocycles. The van der Waals surface area contributed by atoms with Gasteiger partial charge in [-0.2, -0.15) is 0 Å². The normalized spacial score (nSPS) is 16.8. The van der Waals surface area contributed by atoms with Crippen LogP contribution in [0.5, 0.6) is 5.75 Å². The molecule has 1 heterocycles. The molecule has 1 atom stereocenters. The molecule has 0 bridgehead atoms. The van der Waals surface area contributed by atoms with Gasteiger partial charge in [0.25, 0.3) is 5.91 Å². The number of hydrogen-bond donors (Lipinski definition) is 1. The Morgan fingerprint density at radius 2 is 1.80 bits per heavy atom. The lowest BCUT2D eigenvalue weighted by molar-refractivity contribution is -0.120. The third-order valence-corrected chi connectivity index (χ3v) is 4.11. The molecule has 2 aromatic rings. The molecular formula is C19H20N2O4. The number of benzene rings is 2. The topological polar surface area (TPSA) is 70.1 Å². The van der Waals surface area contributed by atoms with Gasteiger partial charge in [0, 0.05) is 11.7 Å². The van der Waals surface area contributed by atoms with E-state index in [2.05, 4.69) is 0 Å². The van der Waals surface area contributed by atoms with Crippen LogP contribution in [0, 0.1) is 0 Å². The number of para-hydroxylation sites is 3. The first kappa shape index (κ1) is 16.8. The molecule has 2 aromatic carbocycles. The summed E-state index contributed by atoms with van der Waals surface area (Å²) < 4.78 is 5.80. The van der Waals surface area contributed by atoms with Crippen molar-refractivity contribution in [3.63, 3.8) is 0 Å². The summed E-state index contributed by atoms with van der Waals surface area (Å²) in [5.41, 5.74) is 1.09. The van der Waals surface area contributed by atoms with Crippen molar-refractivity contribution < 1.29 is 19.4 Å². The Balaban J connectivity index is 2.05. The molecular weight excluding hydrogens is 320 g/mol. The lowest BCUT2D eigenvalue weighted by atomic mass is 10.1. The molecule has 25 heavy (non-hydrogen) atoms. The highest BCUT2D eigenvalue weighted by Crippen LogP contribution is 2.34. The molecule has 0 fully saturated rings. The van der Waals surface area contributed by atoms with Gasteiger partial charge < -0.3 is 14.7 Å². The van der Waals surface area contributed by atoms with Crippen LogP contribution in [-0.2, 0) is 4.79 Å². The van der Waals surface area contributed by atoms with Gasteiger partial charge in [0.05, 0.1) is 5.69 Å². The number of hydrogen-bond acceptors (Lipinski definition) is 3. The molecule has 3 rings (SSSR count). The summed E-state index contributed by atoms with van der Waals surface area (Å²) in [5.74, 6) is 0.275. The monoisotopic (exact) mass is 340 g/mol. The summed E-state index contributed by atoms with van der Waals surface area (Å²) in [6.45, 7) is 3.75. The van der Waals surface area contributed by atoms with E-state index in [1.165, 1.54) is 0 Å². The quantitative estimate of drug-likeness (QED) is 0.930. The van der Waals surface area contributed by atoms with E-state index in [0.29, 0.717) is 17.1 Å². The van der Waals surface area contributed by atoms with Gasteiger partial charge in [-0.3, -0.25) is 9.69 Å². The van der Waals surface area contributed by atoms with E-state index in [9.17, 15) is 14.7 Å². The molecule has 0 aromatic heterocycles. The Bertz CT molecular complexity index is 776. The van der Waals surface area contributed by atoms with Gasteiger partial charge in [0.15, 0.2) is 6.04 Å². The molecule has 1 N–H and O–H groups in total. The van der Waals surface area contributed by atoms with Crippen LogP contribution in [0.3, 0.4) is 0 Å². The van der Waals surface area contributed by atoms with E-state index >= 15 is 0 Å². The van der Waals surface area contributed by atoms with E-state index in [4.69, 9.17) is 4.74 Å². The van der Waals surface area contributed by atoms with Crippen molar-refractivity contribution in [1.82, 2.24) is 0 Å². The summed E-state index contributed by atoms with van der Waals surface area (Å²) in [5, 5.41) is 9.73. The highest BCUT2D eigenvalue weighted by molar-refractivity contribution is 6.05. The fourth-order valence-corrected chi connectivity index (χ4v) is 3.03. The second-order valence-corrected chi connectivity index (χ2v) is 6.08. The van der Waals surface area contributed by atoms with Crippen LogP contribution >= 0.6 is 0 Å². The van der Waals surface area contributed by atoms with Crippen LogP contribution in [0.15, 0.2) is 54.6 Å². The average Bonchev–Trinajstić information content (AvgIpc) is 2.73. The van der Waals surface area contributed by atoms with Gasteiger partial charge in [0.2, 0.25) is 0 Å². The van der Waals surface area contributed by atoms with Crippen molar-refractivity contribution in [3.8, 4) is 5.75 Å². The Kier molecular flexibility index (Phi) is 4.61. The van der Waals surface area contributed by atoms with Gasteiger partial charge in [-0.25, -0.2) is 4.79 Å². The van der Waals surface area contributed by atoms with Crippen molar-refractivity contribution >= 4 is 23.4 Å². The first-order valence-corrected chi connectivity index (χ1v) is 8.13. The van der Waals surface area contributed by atoms with Crippen LogP contribution in [-0.4, -0.2) is 35.8 Å². The minimum atomic E-state index is -1.19. The van der Waals surface area contributed by atoms with Crippen molar-refractivity contribution in [2.75, 3.05) is 16.4 Å². The zero-order chi connectivity index (χ0) is 18.0. The molecule has 6 heteroatoms. The van der Waals surface area contributed by atoms with E-state index in [-0.39, 0.29) is 18.6 Å². The van der Waals surface area contributed by atoms with Gasteiger partial charge >= 0.3 is 6.09 Å². The number of fused-ring (bicyclic) bond motifs is 1. The smallest absolute Gasteiger partial charge is 0.412 e. The summed E-state index contributed by atoms with van der Waals surface area (Å²) in [6, 6.07) is 14.8. The average molecular weight is 340 g/mol. The lowest BCUT2D eigenvalue weighted by Gasteiger charge is -2.32. The Morgan fingerprint density at radius 1 is 1.16 bits per heavy atom. The van der Waals surface area contributed by atoms with Crippen LogP contribution in [0.4, 0.5) is 16.2 Å². The molecule has 0 aliphatic carbocycles. The third-order valence-electron chi connectivity index (χ3n) is 4.11. The summed E-state index contributed by atoms with van der Waals surface area (Å²) in [4.78, 5) is 27.8. The fraction of sp³-hybridized carbons (Fsp3) is 0.263. The molecule has 1 aliphatic rings. The Morgan fingerprint density at radius 3 is 2.44 bits per heavy atom. The molecule has 1 aliphatic heterocycles. The number of ether oxygens (including phenoxy) is 1. The predicted molar refractivity (Wildman–Crippen MR) is 95.3 cm³/mol. The summed E-state index contributed by atoms with van der Waals surface area (Å²) in [7, 11) is 0. The second kappa shape index (κ2) is 6.84. The minimum absolute atomic E-state index is 0.0414. The standard InChI is InChI=1S/C19H20N2O4/c1-13(2)20-15-10-6-7-11-17(15)25-12-16(18(20)22)21(19(23)24)14-8-4-3-5-9-14/h3-11,13,16H,12H2,1-2H3,(H,23,24)/t16-/m0/s1. The molecule has 0 unspecified atom stereocenters. The number of rotatable bonds is 3. The van der Waals surface area contributed by atoms with Gasteiger partial charge in [0.1, 0.15) is 12.4 Å². The SMILES string of the molecule is CC(C)N1C(=O)[C@@H](N(C(=O)O)c2ccccc2)COc2ccccc21. The van der Waals surface area contributed by atoms with Crippen LogP contribution in [0.2, 0.25) is 0 Å². The number of amides is 2. The third kappa shape index (κ3) is 3.15. The van der Waals surface area contributed by atoms with Gasteiger partial charge in [-0.15, -0.1) is 0 Å². The maximum Gasteiger partial charge on any atom is 0.412 e. The maximum absolute atomic E-state index is 13.2. The lowest BCUT2D eigenvalue weighted by Crippen LogP contribution is -2.54. The van der Waals surface area contributed by atoms with Crippen LogP contribution in [0.25, 0.3) is 0 Å². The number of anilines is 2. The fourth-order valence-electron chi connectivity index (χ4n) is 3.03. The predicted octanol–water partition coefficient (Wildman–Crippen LogP) is 3.37. The molecule has 0 radical (unpaired) electrons. The molecule has 6 nitrogen and oxygen atoms in total. The largest absolute Gasteiger partial charge is 0.489 e.